The van der Waals surface area contributed by atoms with Gasteiger partial charge in [0.1, 0.15) is 10.2 Å². The van der Waals surface area contributed by atoms with Gasteiger partial charge in [-0.1, -0.05) is 18.2 Å². The molecule has 0 radical (unpaired) electrons. The molecule has 0 aliphatic carbocycles. The Balaban J connectivity index is 2.17. The quantitative estimate of drug-likeness (QED) is 0.825. The lowest BCUT2D eigenvalue weighted by molar-refractivity contribution is 0.266. The number of ether oxygens (including phenoxy) is 1. The molecule has 2 rings (SSSR count). The molecule has 21 heavy (non-hydrogen) atoms. The highest BCUT2D eigenvalue weighted by Gasteiger charge is 2.09. The molecule has 2 aromatic rings. The molecule has 1 heterocycles. The van der Waals surface area contributed by atoms with Gasteiger partial charge in [0.05, 0.1) is 32.1 Å². The summed E-state index contributed by atoms with van der Waals surface area (Å²) < 4.78 is 6.87. The van der Waals surface area contributed by atoms with Crippen LogP contribution in [0.5, 0.6) is 5.75 Å². The Morgan fingerprint density at radius 3 is 2.90 bits per heavy atom. The lowest BCUT2D eigenvalue weighted by atomic mass is 10.2. The van der Waals surface area contributed by atoms with Crippen molar-refractivity contribution in [3.05, 3.63) is 50.9 Å². The number of rotatable bonds is 6. The first kappa shape index (κ1) is 15.5. The fourth-order valence-corrected chi connectivity index (χ4v) is 2.33. The van der Waals surface area contributed by atoms with Gasteiger partial charge in [-0.3, -0.25) is 4.79 Å². The average molecular weight is 354 g/mol. The summed E-state index contributed by atoms with van der Waals surface area (Å²) in [6, 6.07) is 7.64. The van der Waals surface area contributed by atoms with Crippen LogP contribution in [-0.4, -0.2) is 28.6 Å². The number of hydrogen-bond acceptors (Lipinski definition) is 5. The topological polar surface area (TPSA) is 76.4 Å². The number of halogens is 1. The fraction of sp³-hybridized carbons (Fsp3) is 0.286. The van der Waals surface area contributed by atoms with Crippen LogP contribution in [0.15, 0.2) is 39.7 Å². The SMILES string of the molecule is COc1ccccc1CNc1cnn(CCO)c(=O)c1Br. The molecule has 0 aliphatic rings. The molecule has 0 spiro atoms. The molecule has 0 bridgehead atoms. The van der Waals surface area contributed by atoms with E-state index in [1.165, 1.54) is 4.68 Å². The van der Waals surface area contributed by atoms with E-state index in [0.29, 0.717) is 16.7 Å². The maximum absolute atomic E-state index is 12.0. The first-order valence-corrected chi connectivity index (χ1v) is 7.19. The number of aliphatic hydroxyl groups is 1. The molecule has 0 aliphatic heterocycles. The third-order valence-corrected chi connectivity index (χ3v) is 3.72. The van der Waals surface area contributed by atoms with E-state index in [-0.39, 0.29) is 18.7 Å². The van der Waals surface area contributed by atoms with Crippen LogP contribution in [0.3, 0.4) is 0 Å². The van der Waals surface area contributed by atoms with Gasteiger partial charge < -0.3 is 15.2 Å². The summed E-state index contributed by atoms with van der Waals surface area (Å²) in [5.74, 6) is 0.780. The molecule has 0 amide bonds. The summed E-state index contributed by atoms with van der Waals surface area (Å²) >= 11 is 3.26. The molecule has 1 aromatic heterocycles. The van der Waals surface area contributed by atoms with Crippen LogP contribution in [0, 0.1) is 0 Å². The summed E-state index contributed by atoms with van der Waals surface area (Å²) in [7, 11) is 1.62. The third kappa shape index (κ3) is 3.62. The van der Waals surface area contributed by atoms with E-state index in [4.69, 9.17) is 9.84 Å². The Kier molecular flexibility index (Phi) is 5.35. The zero-order valence-corrected chi connectivity index (χ0v) is 13.1. The first-order chi connectivity index (χ1) is 10.2. The highest BCUT2D eigenvalue weighted by molar-refractivity contribution is 9.10. The van der Waals surface area contributed by atoms with Crippen LogP contribution in [0.25, 0.3) is 0 Å². The third-order valence-electron chi connectivity index (χ3n) is 2.96. The Morgan fingerprint density at radius 1 is 1.43 bits per heavy atom. The van der Waals surface area contributed by atoms with Gasteiger partial charge in [0.15, 0.2) is 0 Å². The van der Waals surface area contributed by atoms with Crippen molar-refractivity contribution in [1.29, 1.82) is 0 Å². The number of nitrogens with one attached hydrogen (secondary N) is 1. The van der Waals surface area contributed by atoms with E-state index in [1.54, 1.807) is 13.3 Å². The number of hydrogen-bond donors (Lipinski definition) is 2. The van der Waals surface area contributed by atoms with Gasteiger partial charge in [-0.25, -0.2) is 4.68 Å². The highest BCUT2D eigenvalue weighted by Crippen LogP contribution is 2.21. The van der Waals surface area contributed by atoms with E-state index in [2.05, 4.69) is 26.3 Å². The van der Waals surface area contributed by atoms with Crippen molar-refractivity contribution in [3.8, 4) is 5.75 Å². The number of aliphatic hydroxyl groups excluding tert-OH is 1. The monoisotopic (exact) mass is 353 g/mol. The molecule has 112 valence electrons. The zero-order valence-electron chi connectivity index (χ0n) is 11.5. The standard InChI is InChI=1S/C14H16BrN3O3/c1-21-12-5-3-2-4-10(12)8-16-11-9-17-18(6-7-19)14(20)13(11)15/h2-5,9,16,19H,6-8H2,1H3. The van der Waals surface area contributed by atoms with Crippen molar-refractivity contribution in [2.24, 2.45) is 0 Å². The molecule has 0 unspecified atom stereocenters. The summed E-state index contributed by atoms with van der Waals surface area (Å²) in [5, 5.41) is 16.0. The van der Waals surface area contributed by atoms with Gasteiger partial charge in [0.25, 0.3) is 5.56 Å². The lowest BCUT2D eigenvalue weighted by Crippen LogP contribution is -2.25. The Bertz CT molecular complexity index is 673. The number of methoxy groups -OCH3 is 1. The van der Waals surface area contributed by atoms with Crippen molar-refractivity contribution in [2.75, 3.05) is 19.0 Å². The normalized spacial score (nSPS) is 10.4. The number of nitrogens with zero attached hydrogens (tertiary/aromatic N) is 2. The van der Waals surface area contributed by atoms with E-state index in [1.807, 2.05) is 24.3 Å². The minimum Gasteiger partial charge on any atom is -0.496 e. The smallest absolute Gasteiger partial charge is 0.283 e. The van der Waals surface area contributed by atoms with Crippen molar-refractivity contribution in [3.63, 3.8) is 0 Å². The molecule has 0 fully saturated rings. The number of aromatic nitrogens is 2. The predicted octanol–water partition coefficient (Wildman–Crippen LogP) is 1.62. The lowest BCUT2D eigenvalue weighted by Gasteiger charge is -2.12. The minimum absolute atomic E-state index is 0.132. The second-order valence-electron chi connectivity index (χ2n) is 4.29. The van der Waals surface area contributed by atoms with Gasteiger partial charge in [-0.15, -0.1) is 0 Å². The first-order valence-electron chi connectivity index (χ1n) is 6.39. The van der Waals surface area contributed by atoms with Gasteiger partial charge in [-0.05, 0) is 22.0 Å². The molecular weight excluding hydrogens is 338 g/mol. The van der Waals surface area contributed by atoms with Crippen molar-refractivity contribution < 1.29 is 9.84 Å². The van der Waals surface area contributed by atoms with Crippen molar-refractivity contribution in [2.45, 2.75) is 13.1 Å². The van der Waals surface area contributed by atoms with E-state index >= 15 is 0 Å². The molecule has 7 heteroatoms. The van der Waals surface area contributed by atoms with Crippen molar-refractivity contribution >= 4 is 21.6 Å². The van der Waals surface area contributed by atoms with Crippen LogP contribution in [0.2, 0.25) is 0 Å². The van der Waals surface area contributed by atoms with E-state index in [9.17, 15) is 4.79 Å². The second kappa shape index (κ2) is 7.24. The summed E-state index contributed by atoms with van der Waals surface area (Å²) in [4.78, 5) is 12.0. The van der Waals surface area contributed by atoms with Crippen LogP contribution in [0.4, 0.5) is 5.69 Å². The minimum atomic E-state index is -0.283. The molecule has 6 nitrogen and oxygen atoms in total. The maximum Gasteiger partial charge on any atom is 0.283 e. The van der Waals surface area contributed by atoms with Crippen LogP contribution in [0.1, 0.15) is 5.56 Å². The molecule has 1 aromatic carbocycles. The summed E-state index contributed by atoms with van der Waals surface area (Å²) in [5.41, 5.74) is 1.29. The Morgan fingerprint density at radius 2 is 2.19 bits per heavy atom. The van der Waals surface area contributed by atoms with Gasteiger partial charge in [0, 0.05) is 12.1 Å². The second-order valence-corrected chi connectivity index (χ2v) is 5.08. The van der Waals surface area contributed by atoms with E-state index in [0.717, 1.165) is 11.3 Å². The molecule has 0 saturated heterocycles. The van der Waals surface area contributed by atoms with Crippen LogP contribution < -0.4 is 15.6 Å². The molecular formula is C14H16BrN3O3. The van der Waals surface area contributed by atoms with Gasteiger partial charge in [-0.2, -0.15) is 5.10 Å². The molecule has 2 N–H and O–H groups in total. The molecule has 0 atom stereocenters. The molecule has 0 saturated carbocycles. The zero-order chi connectivity index (χ0) is 15.2. The number of para-hydroxylation sites is 1. The van der Waals surface area contributed by atoms with Gasteiger partial charge in [0.2, 0.25) is 0 Å². The van der Waals surface area contributed by atoms with Crippen LogP contribution in [-0.2, 0) is 13.1 Å². The van der Waals surface area contributed by atoms with Crippen LogP contribution >= 0.6 is 15.9 Å². The number of benzene rings is 1. The fourth-order valence-electron chi connectivity index (χ4n) is 1.88. The summed E-state index contributed by atoms with van der Waals surface area (Å²) in [6.45, 7) is 0.547. The number of anilines is 1. The maximum atomic E-state index is 12.0. The average Bonchev–Trinajstić information content (AvgIpc) is 2.51. The Hall–Kier alpha value is -1.86. The van der Waals surface area contributed by atoms with Gasteiger partial charge >= 0.3 is 0 Å². The largest absolute Gasteiger partial charge is 0.496 e. The van der Waals surface area contributed by atoms with E-state index < -0.39 is 0 Å². The van der Waals surface area contributed by atoms with Crippen molar-refractivity contribution in [1.82, 2.24) is 9.78 Å². The highest BCUT2D eigenvalue weighted by atomic mass is 79.9. The Labute approximate surface area is 130 Å². The summed E-state index contributed by atoms with van der Waals surface area (Å²) in [6.07, 6.45) is 1.55. The predicted molar refractivity (Wildman–Crippen MR) is 83.6 cm³/mol.